The standard InChI is InChI=1S/C31H31NO9/c1-18-14-19(6-9-22(18)34)7-11-27(38)32-12-4-2-3-5-13-40-31-29(39)28-25(37)16-21(33)17-26(28)41-30(31)20-8-10-23(35)24(36)15-20/h6-11,14-17,33-37H,2-5,12-13H2,1H3,(H,32,38)/b11-7+. The largest absolute Gasteiger partial charge is 0.508 e. The highest BCUT2D eigenvalue weighted by molar-refractivity contribution is 5.91. The molecule has 4 aromatic rings. The van der Waals surface area contributed by atoms with Crippen LogP contribution < -0.4 is 15.5 Å². The molecular formula is C31H31NO9. The van der Waals surface area contributed by atoms with Gasteiger partial charge in [-0.1, -0.05) is 18.9 Å². The zero-order valence-corrected chi connectivity index (χ0v) is 22.4. The van der Waals surface area contributed by atoms with E-state index >= 15 is 0 Å². The van der Waals surface area contributed by atoms with Crippen LogP contribution in [0, 0.1) is 6.92 Å². The van der Waals surface area contributed by atoms with Crippen molar-refractivity contribution in [2.75, 3.05) is 13.2 Å². The van der Waals surface area contributed by atoms with Crippen LogP contribution in [-0.2, 0) is 4.79 Å². The molecule has 1 aromatic heterocycles. The minimum atomic E-state index is -0.649. The molecule has 0 saturated heterocycles. The van der Waals surface area contributed by atoms with E-state index in [1.807, 2.05) is 0 Å². The summed E-state index contributed by atoms with van der Waals surface area (Å²) in [5.74, 6) is -1.75. The van der Waals surface area contributed by atoms with Crippen LogP contribution in [0.1, 0.15) is 36.8 Å². The normalized spacial score (nSPS) is 11.2. The first-order valence-electron chi connectivity index (χ1n) is 13.1. The number of hydrogen-bond donors (Lipinski definition) is 6. The van der Waals surface area contributed by atoms with Crippen molar-refractivity contribution in [2.24, 2.45) is 0 Å². The van der Waals surface area contributed by atoms with Gasteiger partial charge >= 0.3 is 0 Å². The molecular weight excluding hydrogens is 530 g/mol. The molecule has 1 heterocycles. The Kier molecular flexibility index (Phi) is 9.03. The number of carbonyl (C=O) groups excluding carboxylic acids is 1. The summed E-state index contributed by atoms with van der Waals surface area (Å²) < 4.78 is 11.6. The van der Waals surface area contributed by atoms with Crippen LogP contribution >= 0.6 is 0 Å². The zero-order valence-electron chi connectivity index (χ0n) is 22.4. The number of rotatable bonds is 11. The maximum Gasteiger partial charge on any atom is 0.243 e. The summed E-state index contributed by atoms with van der Waals surface area (Å²) in [4.78, 5) is 25.3. The van der Waals surface area contributed by atoms with E-state index in [-0.39, 0.29) is 57.8 Å². The van der Waals surface area contributed by atoms with Crippen LogP contribution in [-0.4, -0.2) is 44.6 Å². The zero-order chi connectivity index (χ0) is 29.5. The lowest BCUT2D eigenvalue weighted by Crippen LogP contribution is -2.22. The highest BCUT2D eigenvalue weighted by atomic mass is 16.5. The molecule has 0 bridgehead atoms. The molecule has 0 spiro atoms. The van der Waals surface area contributed by atoms with Crippen molar-refractivity contribution in [1.82, 2.24) is 5.32 Å². The van der Waals surface area contributed by atoms with Crippen molar-refractivity contribution < 1.29 is 39.5 Å². The molecule has 0 aliphatic carbocycles. The quantitative estimate of drug-likeness (QED) is 0.0832. The second kappa shape index (κ2) is 12.8. The Balaban J connectivity index is 1.32. The first-order chi connectivity index (χ1) is 19.6. The number of unbranched alkanes of at least 4 members (excludes halogenated alkanes) is 3. The molecule has 10 nitrogen and oxygen atoms in total. The number of phenols is 5. The van der Waals surface area contributed by atoms with Crippen molar-refractivity contribution in [3.8, 4) is 45.8 Å². The fraction of sp³-hybridized carbons (Fsp3) is 0.226. The molecule has 41 heavy (non-hydrogen) atoms. The van der Waals surface area contributed by atoms with Gasteiger partial charge in [-0.25, -0.2) is 0 Å². The number of phenolic OH excluding ortho intramolecular Hbond substituents is 5. The number of aromatic hydroxyl groups is 5. The van der Waals surface area contributed by atoms with Crippen LogP contribution in [0.5, 0.6) is 34.5 Å². The lowest BCUT2D eigenvalue weighted by atomic mass is 10.1. The molecule has 6 N–H and O–H groups in total. The molecule has 4 rings (SSSR count). The molecule has 0 saturated carbocycles. The number of aryl methyl sites for hydroxylation is 1. The second-order valence-electron chi connectivity index (χ2n) is 9.56. The van der Waals surface area contributed by atoms with Crippen molar-refractivity contribution in [1.29, 1.82) is 0 Å². The number of amides is 1. The molecule has 0 atom stereocenters. The number of carbonyl (C=O) groups is 1. The van der Waals surface area contributed by atoms with E-state index in [0.29, 0.717) is 13.0 Å². The summed E-state index contributed by atoms with van der Waals surface area (Å²) >= 11 is 0. The maximum absolute atomic E-state index is 13.3. The Morgan fingerprint density at radius 1 is 0.878 bits per heavy atom. The fourth-order valence-electron chi connectivity index (χ4n) is 4.23. The average molecular weight is 562 g/mol. The Morgan fingerprint density at radius 2 is 1.63 bits per heavy atom. The highest BCUT2D eigenvalue weighted by Gasteiger charge is 2.21. The van der Waals surface area contributed by atoms with Crippen LogP contribution in [0.3, 0.4) is 0 Å². The van der Waals surface area contributed by atoms with Crippen LogP contribution in [0.4, 0.5) is 0 Å². The van der Waals surface area contributed by atoms with Crippen molar-refractivity contribution >= 4 is 23.0 Å². The number of ether oxygens (including phenoxy) is 1. The van der Waals surface area contributed by atoms with Gasteiger partial charge in [-0.05, 0) is 67.3 Å². The van der Waals surface area contributed by atoms with Crippen LogP contribution in [0.2, 0.25) is 0 Å². The van der Waals surface area contributed by atoms with Gasteiger partial charge < -0.3 is 40.0 Å². The Labute approximate surface area is 235 Å². The topological polar surface area (TPSA) is 170 Å². The molecule has 10 heteroatoms. The lowest BCUT2D eigenvalue weighted by molar-refractivity contribution is -0.116. The van der Waals surface area contributed by atoms with Gasteiger partial charge in [0.25, 0.3) is 0 Å². The average Bonchev–Trinajstić information content (AvgIpc) is 2.92. The summed E-state index contributed by atoms with van der Waals surface area (Å²) in [5, 5.41) is 52.0. The highest BCUT2D eigenvalue weighted by Crippen LogP contribution is 2.38. The molecule has 0 aliphatic heterocycles. The smallest absolute Gasteiger partial charge is 0.243 e. The predicted molar refractivity (Wildman–Crippen MR) is 153 cm³/mol. The van der Waals surface area contributed by atoms with E-state index in [2.05, 4.69) is 5.32 Å². The van der Waals surface area contributed by atoms with Crippen LogP contribution in [0.25, 0.3) is 28.4 Å². The predicted octanol–water partition coefficient (Wildman–Crippen LogP) is 5.07. The first kappa shape index (κ1) is 28.9. The number of benzene rings is 3. The van der Waals surface area contributed by atoms with Gasteiger partial charge in [-0.2, -0.15) is 0 Å². The summed E-state index contributed by atoms with van der Waals surface area (Å²) in [6.07, 6.45) is 6.01. The van der Waals surface area contributed by atoms with E-state index in [0.717, 1.165) is 36.5 Å². The number of nitrogens with one attached hydrogen (secondary N) is 1. The lowest BCUT2D eigenvalue weighted by Gasteiger charge is -2.13. The molecule has 1 amide bonds. The second-order valence-corrected chi connectivity index (χ2v) is 9.56. The number of hydrogen-bond acceptors (Lipinski definition) is 9. The SMILES string of the molecule is Cc1cc(/C=C/C(=O)NCCCCCCOc2c(-c3ccc(O)c(O)c3)oc3cc(O)cc(O)c3c2=O)ccc1O. The minimum Gasteiger partial charge on any atom is -0.508 e. The van der Waals surface area contributed by atoms with E-state index in [1.165, 1.54) is 30.3 Å². The van der Waals surface area contributed by atoms with E-state index in [9.17, 15) is 35.1 Å². The minimum absolute atomic E-state index is 0.0268. The first-order valence-corrected chi connectivity index (χ1v) is 13.1. The summed E-state index contributed by atoms with van der Waals surface area (Å²) in [6.45, 7) is 2.44. The van der Waals surface area contributed by atoms with Gasteiger partial charge in [-0.15, -0.1) is 0 Å². The van der Waals surface area contributed by atoms with Crippen LogP contribution in [0.15, 0.2) is 63.8 Å². The molecule has 0 unspecified atom stereocenters. The molecule has 3 aromatic carbocycles. The monoisotopic (exact) mass is 561 g/mol. The third-order valence-corrected chi connectivity index (χ3v) is 6.42. The third kappa shape index (κ3) is 7.10. The molecule has 214 valence electrons. The van der Waals surface area contributed by atoms with E-state index in [1.54, 1.807) is 31.2 Å². The fourth-order valence-corrected chi connectivity index (χ4v) is 4.23. The maximum atomic E-state index is 13.3. The molecule has 0 radical (unpaired) electrons. The van der Waals surface area contributed by atoms with Crippen molar-refractivity contribution in [3.05, 3.63) is 76.0 Å². The summed E-state index contributed by atoms with van der Waals surface area (Å²) in [6, 6.07) is 11.2. The number of fused-ring (bicyclic) bond motifs is 1. The summed E-state index contributed by atoms with van der Waals surface area (Å²) in [7, 11) is 0. The summed E-state index contributed by atoms with van der Waals surface area (Å²) in [5.41, 5.74) is 1.08. The van der Waals surface area contributed by atoms with E-state index < -0.39 is 16.9 Å². The third-order valence-electron chi connectivity index (χ3n) is 6.42. The van der Waals surface area contributed by atoms with Crippen molar-refractivity contribution in [3.63, 3.8) is 0 Å². The van der Waals surface area contributed by atoms with Gasteiger partial charge in [0.2, 0.25) is 17.1 Å². The molecule has 0 aliphatic rings. The van der Waals surface area contributed by atoms with Crippen molar-refractivity contribution in [2.45, 2.75) is 32.6 Å². The van der Waals surface area contributed by atoms with Gasteiger partial charge in [-0.3, -0.25) is 9.59 Å². The van der Waals surface area contributed by atoms with Gasteiger partial charge in [0.05, 0.1) is 6.61 Å². The van der Waals surface area contributed by atoms with Gasteiger partial charge in [0, 0.05) is 30.3 Å². The van der Waals surface area contributed by atoms with Gasteiger partial charge in [0.1, 0.15) is 28.2 Å². The Hall–Kier alpha value is -5.12. The Bertz CT molecular complexity index is 1660. The van der Waals surface area contributed by atoms with Gasteiger partial charge in [0.15, 0.2) is 17.3 Å². The molecule has 0 fully saturated rings. The Morgan fingerprint density at radius 3 is 2.39 bits per heavy atom. The van der Waals surface area contributed by atoms with E-state index in [4.69, 9.17) is 9.15 Å².